The summed E-state index contributed by atoms with van der Waals surface area (Å²) in [6, 6.07) is 1.23. The number of carbonyl (C=O) groups is 1. The minimum atomic E-state index is -2.62. The summed E-state index contributed by atoms with van der Waals surface area (Å²) in [7, 11) is 0. The SMILES string of the molecule is CCOC(=O)Cc1c(Br)cc(C(F)F)nc1C. The zero-order chi connectivity index (χ0) is 13.0. The molecule has 1 aromatic heterocycles. The summed E-state index contributed by atoms with van der Waals surface area (Å²) in [5.74, 6) is -0.400. The highest BCUT2D eigenvalue weighted by molar-refractivity contribution is 9.10. The molecule has 1 aromatic rings. The van der Waals surface area contributed by atoms with Gasteiger partial charge in [0, 0.05) is 10.2 Å². The van der Waals surface area contributed by atoms with E-state index in [2.05, 4.69) is 20.9 Å². The Hall–Kier alpha value is -1.04. The van der Waals surface area contributed by atoms with Crippen molar-refractivity contribution in [2.75, 3.05) is 6.61 Å². The van der Waals surface area contributed by atoms with Crippen LogP contribution in [0.1, 0.15) is 30.3 Å². The molecule has 0 saturated heterocycles. The van der Waals surface area contributed by atoms with Crippen LogP contribution in [0.5, 0.6) is 0 Å². The summed E-state index contributed by atoms with van der Waals surface area (Å²) in [5, 5.41) is 0. The molecular formula is C11H12BrF2NO2. The van der Waals surface area contributed by atoms with Crippen molar-refractivity contribution in [2.24, 2.45) is 0 Å². The summed E-state index contributed by atoms with van der Waals surface area (Å²) in [6.45, 7) is 3.58. The molecule has 0 amide bonds. The number of hydrogen-bond donors (Lipinski definition) is 0. The number of esters is 1. The highest BCUT2D eigenvalue weighted by Crippen LogP contribution is 2.26. The van der Waals surface area contributed by atoms with Crippen LogP contribution in [0.25, 0.3) is 0 Å². The van der Waals surface area contributed by atoms with Gasteiger partial charge in [-0.05, 0) is 25.5 Å². The fourth-order valence-corrected chi connectivity index (χ4v) is 2.03. The lowest BCUT2D eigenvalue weighted by Crippen LogP contribution is -2.10. The van der Waals surface area contributed by atoms with Crippen LogP contribution in [0.2, 0.25) is 0 Å². The molecule has 0 spiro atoms. The first-order valence-electron chi connectivity index (χ1n) is 5.05. The topological polar surface area (TPSA) is 39.2 Å². The smallest absolute Gasteiger partial charge is 0.310 e. The van der Waals surface area contributed by atoms with Gasteiger partial charge in [-0.15, -0.1) is 0 Å². The fourth-order valence-electron chi connectivity index (χ4n) is 1.36. The number of ether oxygens (including phenoxy) is 1. The van der Waals surface area contributed by atoms with Crippen LogP contribution in [-0.2, 0) is 16.0 Å². The van der Waals surface area contributed by atoms with Gasteiger partial charge in [-0.2, -0.15) is 0 Å². The van der Waals surface area contributed by atoms with E-state index in [0.29, 0.717) is 15.7 Å². The molecule has 0 radical (unpaired) electrons. The molecule has 0 bridgehead atoms. The Bertz CT molecular complexity index is 401. The van der Waals surface area contributed by atoms with Gasteiger partial charge in [-0.25, -0.2) is 8.78 Å². The van der Waals surface area contributed by atoms with E-state index in [1.54, 1.807) is 13.8 Å². The van der Waals surface area contributed by atoms with Crippen LogP contribution in [0.4, 0.5) is 8.78 Å². The van der Waals surface area contributed by atoms with Crippen molar-refractivity contribution in [3.05, 3.63) is 27.5 Å². The molecule has 1 rings (SSSR count). The van der Waals surface area contributed by atoms with Gasteiger partial charge in [-0.1, -0.05) is 15.9 Å². The number of rotatable bonds is 4. The van der Waals surface area contributed by atoms with Crippen molar-refractivity contribution in [3.63, 3.8) is 0 Å². The minimum Gasteiger partial charge on any atom is -0.466 e. The zero-order valence-corrected chi connectivity index (χ0v) is 11.1. The first-order valence-corrected chi connectivity index (χ1v) is 5.84. The number of aromatic nitrogens is 1. The van der Waals surface area contributed by atoms with Crippen LogP contribution >= 0.6 is 15.9 Å². The Morgan fingerprint density at radius 2 is 2.24 bits per heavy atom. The average molecular weight is 308 g/mol. The first kappa shape index (κ1) is 14.0. The number of aryl methyl sites for hydroxylation is 1. The van der Waals surface area contributed by atoms with Crippen molar-refractivity contribution in [1.82, 2.24) is 4.98 Å². The largest absolute Gasteiger partial charge is 0.466 e. The van der Waals surface area contributed by atoms with E-state index >= 15 is 0 Å². The van der Waals surface area contributed by atoms with Crippen molar-refractivity contribution in [3.8, 4) is 0 Å². The summed E-state index contributed by atoms with van der Waals surface area (Å²) in [6.07, 6.45) is -2.60. The molecule has 0 saturated carbocycles. The maximum Gasteiger partial charge on any atom is 0.310 e. The molecule has 0 atom stereocenters. The lowest BCUT2D eigenvalue weighted by molar-refractivity contribution is -0.142. The fraction of sp³-hybridized carbons (Fsp3) is 0.455. The lowest BCUT2D eigenvalue weighted by atomic mass is 10.1. The van der Waals surface area contributed by atoms with E-state index in [4.69, 9.17) is 4.74 Å². The van der Waals surface area contributed by atoms with Gasteiger partial charge in [0.15, 0.2) is 0 Å². The molecular weight excluding hydrogens is 296 g/mol. The Morgan fingerprint density at radius 3 is 2.71 bits per heavy atom. The molecule has 1 heterocycles. The number of pyridine rings is 1. The van der Waals surface area contributed by atoms with Crippen LogP contribution in [0.3, 0.4) is 0 Å². The summed E-state index contributed by atoms with van der Waals surface area (Å²) < 4.78 is 30.2. The number of alkyl halides is 2. The molecule has 17 heavy (non-hydrogen) atoms. The average Bonchev–Trinajstić information content (AvgIpc) is 2.23. The predicted octanol–water partition coefficient (Wildman–Crippen LogP) is 3.20. The number of carbonyl (C=O) groups excluding carboxylic acids is 1. The maximum absolute atomic E-state index is 12.5. The van der Waals surface area contributed by atoms with Crippen molar-refractivity contribution < 1.29 is 18.3 Å². The van der Waals surface area contributed by atoms with Crippen LogP contribution in [0, 0.1) is 6.92 Å². The Balaban J connectivity index is 2.97. The van der Waals surface area contributed by atoms with Gasteiger partial charge < -0.3 is 4.74 Å². The van der Waals surface area contributed by atoms with Gasteiger partial charge in [-0.3, -0.25) is 9.78 Å². The Morgan fingerprint density at radius 1 is 1.59 bits per heavy atom. The number of hydrogen-bond acceptors (Lipinski definition) is 3. The molecule has 0 aliphatic rings. The molecule has 0 fully saturated rings. The molecule has 6 heteroatoms. The van der Waals surface area contributed by atoms with Gasteiger partial charge in [0.25, 0.3) is 6.43 Å². The molecule has 3 nitrogen and oxygen atoms in total. The van der Waals surface area contributed by atoms with E-state index in [1.165, 1.54) is 6.07 Å². The van der Waals surface area contributed by atoms with E-state index in [-0.39, 0.29) is 18.7 Å². The molecule has 0 aromatic carbocycles. The summed E-state index contributed by atoms with van der Waals surface area (Å²) in [4.78, 5) is 15.1. The van der Waals surface area contributed by atoms with E-state index < -0.39 is 12.4 Å². The third-order valence-electron chi connectivity index (χ3n) is 2.15. The normalized spacial score (nSPS) is 10.7. The number of nitrogens with zero attached hydrogens (tertiary/aromatic N) is 1. The van der Waals surface area contributed by atoms with Gasteiger partial charge >= 0.3 is 5.97 Å². The van der Waals surface area contributed by atoms with Crippen LogP contribution in [-0.4, -0.2) is 17.6 Å². The van der Waals surface area contributed by atoms with Gasteiger partial charge in [0.2, 0.25) is 0 Å². The molecule has 0 aliphatic carbocycles. The van der Waals surface area contributed by atoms with E-state index in [1.807, 2.05) is 0 Å². The Kier molecular flexibility index (Phi) is 4.99. The van der Waals surface area contributed by atoms with Crippen molar-refractivity contribution in [1.29, 1.82) is 0 Å². The summed E-state index contributed by atoms with van der Waals surface area (Å²) >= 11 is 3.16. The highest BCUT2D eigenvalue weighted by atomic mass is 79.9. The second kappa shape index (κ2) is 6.05. The third-order valence-corrected chi connectivity index (χ3v) is 2.85. The third kappa shape index (κ3) is 3.73. The minimum absolute atomic E-state index is 0.0246. The molecule has 0 N–H and O–H groups in total. The molecule has 94 valence electrons. The highest BCUT2D eigenvalue weighted by Gasteiger charge is 2.16. The lowest BCUT2D eigenvalue weighted by Gasteiger charge is -2.09. The Labute approximate surface area is 106 Å². The first-order chi connectivity index (χ1) is 7.95. The molecule has 0 unspecified atom stereocenters. The second-order valence-electron chi connectivity index (χ2n) is 3.38. The summed E-state index contributed by atoms with van der Waals surface area (Å²) in [5.41, 5.74) is 0.678. The quantitative estimate of drug-likeness (QED) is 0.802. The van der Waals surface area contributed by atoms with Gasteiger partial charge in [0.05, 0.1) is 13.0 Å². The second-order valence-corrected chi connectivity index (χ2v) is 4.23. The van der Waals surface area contributed by atoms with Crippen molar-refractivity contribution in [2.45, 2.75) is 26.7 Å². The monoisotopic (exact) mass is 307 g/mol. The van der Waals surface area contributed by atoms with Crippen LogP contribution < -0.4 is 0 Å². The standard InChI is InChI=1S/C11H12BrF2NO2/c1-3-17-10(16)4-7-6(2)15-9(11(13)14)5-8(7)12/h5,11H,3-4H2,1-2H3. The predicted molar refractivity (Wildman–Crippen MR) is 62.0 cm³/mol. The molecule has 0 aliphatic heterocycles. The van der Waals surface area contributed by atoms with E-state index in [9.17, 15) is 13.6 Å². The van der Waals surface area contributed by atoms with E-state index in [0.717, 1.165) is 0 Å². The zero-order valence-electron chi connectivity index (χ0n) is 9.47. The maximum atomic E-state index is 12.5. The van der Waals surface area contributed by atoms with Crippen LogP contribution in [0.15, 0.2) is 10.5 Å². The number of halogens is 3. The van der Waals surface area contributed by atoms with Gasteiger partial charge in [0.1, 0.15) is 5.69 Å². The van der Waals surface area contributed by atoms with Crippen molar-refractivity contribution >= 4 is 21.9 Å².